The molecule has 0 aromatic rings. The summed E-state index contributed by atoms with van der Waals surface area (Å²) in [6.45, 7) is 2.10. The second kappa shape index (κ2) is 17.8. The van der Waals surface area contributed by atoms with E-state index in [4.69, 9.17) is 22.9 Å². The highest BCUT2D eigenvalue weighted by molar-refractivity contribution is 7.98. The Kier molecular flexibility index (Phi) is 16.5. The number of hydrogen-bond donors (Lipinski definition) is 8. The average molecular weight is 505 g/mol. The summed E-state index contributed by atoms with van der Waals surface area (Å²) < 4.78 is 0. The highest BCUT2D eigenvalue weighted by Gasteiger charge is 2.28. The summed E-state index contributed by atoms with van der Waals surface area (Å²) in [6, 6.07) is -3.86. The number of aliphatic imine (C=N–C) groups is 1. The van der Waals surface area contributed by atoms with Crippen molar-refractivity contribution in [1.82, 2.24) is 16.0 Å². The normalized spacial score (nSPS) is 14.2. The second-order valence-electron chi connectivity index (χ2n) is 7.81. The molecule has 0 heterocycles. The summed E-state index contributed by atoms with van der Waals surface area (Å²) >= 11 is 1.56. The van der Waals surface area contributed by atoms with Crippen LogP contribution in [0.4, 0.5) is 0 Å². The Morgan fingerprint density at radius 1 is 0.912 bits per heavy atom. The number of nitrogens with two attached hydrogens (primary N) is 4. The van der Waals surface area contributed by atoms with E-state index in [-0.39, 0.29) is 25.3 Å². The Balaban J connectivity index is 5.08. The van der Waals surface area contributed by atoms with E-state index < -0.39 is 47.9 Å². The van der Waals surface area contributed by atoms with E-state index in [9.17, 15) is 24.3 Å². The molecule has 14 heteroatoms. The smallest absolute Gasteiger partial charge is 0.326 e. The molecule has 0 bridgehead atoms. The van der Waals surface area contributed by atoms with Crippen LogP contribution in [0.15, 0.2) is 4.99 Å². The summed E-state index contributed by atoms with van der Waals surface area (Å²) in [7, 11) is 0. The van der Waals surface area contributed by atoms with Crippen LogP contribution in [0, 0.1) is 0 Å². The summed E-state index contributed by atoms with van der Waals surface area (Å²) in [6.07, 6.45) is 4.21. The van der Waals surface area contributed by atoms with Crippen molar-refractivity contribution in [2.24, 2.45) is 27.9 Å². The number of unbranched alkanes of at least 4 members (excludes halogenated alkanes) is 1. The number of nitrogens with zero attached hydrogens (tertiary/aromatic N) is 1. The van der Waals surface area contributed by atoms with Gasteiger partial charge >= 0.3 is 5.97 Å². The van der Waals surface area contributed by atoms with E-state index in [2.05, 4.69) is 20.9 Å². The van der Waals surface area contributed by atoms with Crippen molar-refractivity contribution < 1.29 is 24.3 Å². The topological polar surface area (TPSA) is 241 Å². The Hall–Kier alpha value is -2.58. The number of carbonyl (C=O) groups excluding carboxylic acids is 3. The van der Waals surface area contributed by atoms with Crippen LogP contribution in [-0.2, 0) is 19.2 Å². The molecular weight excluding hydrogens is 464 g/mol. The van der Waals surface area contributed by atoms with Crippen LogP contribution in [0.5, 0.6) is 0 Å². The molecule has 0 aliphatic heterocycles. The van der Waals surface area contributed by atoms with Crippen LogP contribution < -0.4 is 38.9 Å². The molecule has 196 valence electrons. The summed E-state index contributed by atoms with van der Waals surface area (Å²) in [5.74, 6) is -2.31. The molecular formula is C20H40N8O5S. The molecule has 0 aromatic carbocycles. The molecule has 0 saturated carbocycles. The fourth-order valence-corrected chi connectivity index (χ4v) is 3.34. The number of carbonyl (C=O) groups is 4. The lowest BCUT2D eigenvalue weighted by Gasteiger charge is -2.24. The number of guanidine groups is 1. The van der Waals surface area contributed by atoms with Crippen LogP contribution in [0.3, 0.4) is 0 Å². The maximum Gasteiger partial charge on any atom is 0.326 e. The molecule has 0 rings (SSSR count). The third-order valence-corrected chi connectivity index (χ3v) is 5.51. The predicted octanol–water partition coefficient (Wildman–Crippen LogP) is -2.19. The first-order valence-electron chi connectivity index (χ1n) is 11.2. The minimum Gasteiger partial charge on any atom is -0.480 e. The van der Waals surface area contributed by atoms with Crippen molar-refractivity contribution in [1.29, 1.82) is 0 Å². The minimum atomic E-state index is -1.22. The van der Waals surface area contributed by atoms with Gasteiger partial charge in [-0.25, -0.2) is 4.79 Å². The van der Waals surface area contributed by atoms with Crippen molar-refractivity contribution in [3.05, 3.63) is 0 Å². The van der Waals surface area contributed by atoms with E-state index in [1.165, 1.54) is 6.92 Å². The number of hydrogen-bond acceptors (Lipinski definition) is 8. The molecule has 0 radical (unpaired) electrons. The molecule has 0 aromatic heterocycles. The third kappa shape index (κ3) is 13.9. The second-order valence-corrected chi connectivity index (χ2v) is 8.80. The van der Waals surface area contributed by atoms with Gasteiger partial charge in [0, 0.05) is 6.54 Å². The summed E-state index contributed by atoms with van der Waals surface area (Å²) in [4.78, 5) is 53.0. The van der Waals surface area contributed by atoms with Crippen LogP contribution in [0.1, 0.15) is 45.4 Å². The molecule has 13 nitrogen and oxygen atoms in total. The van der Waals surface area contributed by atoms with E-state index in [0.717, 1.165) is 0 Å². The average Bonchev–Trinajstić information content (AvgIpc) is 2.77. The van der Waals surface area contributed by atoms with Gasteiger partial charge in [-0.1, -0.05) is 0 Å². The van der Waals surface area contributed by atoms with Gasteiger partial charge in [0.1, 0.15) is 18.1 Å². The third-order valence-electron chi connectivity index (χ3n) is 4.86. The van der Waals surface area contributed by atoms with E-state index in [0.29, 0.717) is 38.0 Å². The van der Waals surface area contributed by atoms with E-state index >= 15 is 0 Å². The molecule has 0 saturated heterocycles. The number of nitrogens with one attached hydrogen (secondary N) is 3. The molecule has 4 atom stereocenters. The number of amides is 3. The molecule has 0 fully saturated rings. The quantitative estimate of drug-likeness (QED) is 0.0569. The number of carboxylic acids is 1. The van der Waals surface area contributed by atoms with Gasteiger partial charge in [-0.2, -0.15) is 11.8 Å². The first-order chi connectivity index (χ1) is 16.0. The van der Waals surface area contributed by atoms with Gasteiger partial charge < -0.3 is 44.0 Å². The monoisotopic (exact) mass is 504 g/mol. The number of rotatable bonds is 18. The Morgan fingerprint density at radius 3 is 2.09 bits per heavy atom. The molecule has 12 N–H and O–H groups in total. The lowest BCUT2D eigenvalue weighted by molar-refractivity contribution is -0.142. The standard InChI is InChI=1S/C20H40N8O5S/c1-12(26-17(30)13(22)8-11-34-2)16(29)27-14(6-3-4-9-21)18(31)28-15(19(32)33)7-5-10-25-20(23)24/h12-15H,3-11,21-22H2,1-2H3,(H,26,30)(H,27,29)(H,28,31)(H,32,33)(H4,23,24,25). The first-order valence-corrected chi connectivity index (χ1v) is 12.6. The van der Waals surface area contributed by atoms with Gasteiger partial charge in [0.15, 0.2) is 5.96 Å². The highest BCUT2D eigenvalue weighted by atomic mass is 32.2. The van der Waals surface area contributed by atoms with Gasteiger partial charge in [-0.15, -0.1) is 0 Å². The van der Waals surface area contributed by atoms with Crippen LogP contribution in [0.25, 0.3) is 0 Å². The molecule has 3 amide bonds. The van der Waals surface area contributed by atoms with Gasteiger partial charge in [0.2, 0.25) is 17.7 Å². The number of thioether (sulfide) groups is 1. The lowest BCUT2D eigenvalue weighted by atomic mass is 10.1. The van der Waals surface area contributed by atoms with Gasteiger partial charge in [0.25, 0.3) is 0 Å². The number of carboxylic acid groups (broad SMARTS) is 1. The fraction of sp³-hybridized carbons (Fsp3) is 0.750. The summed E-state index contributed by atoms with van der Waals surface area (Å²) in [5, 5.41) is 17.0. The fourth-order valence-electron chi connectivity index (χ4n) is 2.85. The van der Waals surface area contributed by atoms with Gasteiger partial charge in [-0.05, 0) is 64.0 Å². The maximum absolute atomic E-state index is 12.8. The Morgan fingerprint density at radius 2 is 1.53 bits per heavy atom. The molecule has 0 aliphatic carbocycles. The maximum atomic E-state index is 12.8. The zero-order chi connectivity index (χ0) is 26.1. The molecule has 4 unspecified atom stereocenters. The van der Waals surface area contributed by atoms with Crippen molar-refractivity contribution in [3.63, 3.8) is 0 Å². The Bertz CT molecular complexity index is 690. The molecule has 34 heavy (non-hydrogen) atoms. The Labute approximate surface area is 204 Å². The number of aliphatic carboxylic acids is 1. The highest BCUT2D eigenvalue weighted by Crippen LogP contribution is 2.05. The lowest BCUT2D eigenvalue weighted by Crippen LogP contribution is -2.56. The van der Waals surface area contributed by atoms with Crippen molar-refractivity contribution in [2.75, 3.05) is 25.1 Å². The van der Waals surface area contributed by atoms with Crippen LogP contribution >= 0.6 is 11.8 Å². The largest absolute Gasteiger partial charge is 0.480 e. The minimum absolute atomic E-state index is 0.0989. The van der Waals surface area contributed by atoms with Crippen LogP contribution in [0.2, 0.25) is 0 Å². The SMILES string of the molecule is CSCCC(N)C(=O)NC(C)C(=O)NC(CCCCN)C(=O)NC(CCCN=C(N)N)C(=O)O. The van der Waals surface area contributed by atoms with E-state index in [1.54, 1.807) is 11.8 Å². The van der Waals surface area contributed by atoms with E-state index in [1.807, 2.05) is 6.26 Å². The van der Waals surface area contributed by atoms with Crippen LogP contribution in [-0.4, -0.2) is 84.0 Å². The van der Waals surface area contributed by atoms with Crippen molar-refractivity contribution in [2.45, 2.75) is 69.6 Å². The zero-order valence-corrected chi connectivity index (χ0v) is 20.7. The molecule has 0 aliphatic rings. The van der Waals surface area contributed by atoms with Gasteiger partial charge in [0.05, 0.1) is 6.04 Å². The molecule has 0 spiro atoms. The predicted molar refractivity (Wildman–Crippen MR) is 133 cm³/mol. The van der Waals surface area contributed by atoms with Crippen molar-refractivity contribution in [3.8, 4) is 0 Å². The van der Waals surface area contributed by atoms with Gasteiger partial charge in [-0.3, -0.25) is 19.4 Å². The van der Waals surface area contributed by atoms with Crippen molar-refractivity contribution >= 4 is 41.4 Å². The summed E-state index contributed by atoms with van der Waals surface area (Å²) in [5.41, 5.74) is 21.8. The zero-order valence-electron chi connectivity index (χ0n) is 19.9. The first kappa shape index (κ1) is 31.4.